The molecule has 0 unspecified atom stereocenters. The van der Waals surface area contributed by atoms with E-state index in [1.165, 1.54) is 18.1 Å². The number of allylic oxidation sites excluding steroid dienone is 4. The number of carbonyl (C=O) groups is 2. The Balaban J connectivity index is 3.12. The van der Waals surface area contributed by atoms with Crippen LogP contribution in [-0.4, -0.2) is 61.7 Å². The number of piperidine rings is 1. The molecule has 1 heterocycles. The molecule has 7 heteroatoms. The number of rotatable bonds is 7. The smallest absolute Gasteiger partial charge is 0.331 e. The van der Waals surface area contributed by atoms with E-state index >= 15 is 0 Å². The summed E-state index contributed by atoms with van der Waals surface area (Å²) in [6, 6.07) is 0. The van der Waals surface area contributed by atoms with Gasteiger partial charge < -0.3 is 14.5 Å². The largest absolute Gasteiger partial charge is 0.467 e. The summed E-state index contributed by atoms with van der Waals surface area (Å²) in [6.07, 6.45) is 4.37. The van der Waals surface area contributed by atoms with E-state index < -0.39 is 11.5 Å². The van der Waals surface area contributed by atoms with Crippen molar-refractivity contribution < 1.29 is 19.2 Å². The van der Waals surface area contributed by atoms with Crippen molar-refractivity contribution in [2.75, 3.05) is 34.4 Å². The maximum atomic E-state index is 13.0. The molecule has 6 nitrogen and oxygen atoms in total. The molecule has 1 rings (SSSR count). The van der Waals surface area contributed by atoms with Gasteiger partial charge in [0.05, 0.1) is 20.6 Å². The Bertz CT molecular complexity index is 605. The number of nitrogens with zero attached hydrogens (tertiary/aromatic N) is 2. The first-order valence-corrected chi connectivity index (χ1v) is 8.93. The maximum Gasteiger partial charge on any atom is 0.331 e. The van der Waals surface area contributed by atoms with Gasteiger partial charge in [0.2, 0.25) is 5.91 Å². The van der Waals surface area contributed by atoms with Crippen LogP contribution in [0.25, 0.3) is 0 Å². The van der Waals surface area contributed by atoms with Crippen LogP contribution in [0.1, 0.15) is 33.1 Å². The second-order valence-electron chi connectivity index (χ2n) is 6.27. The van der Waals surface area contributed by atoms with Crippen molar-refractivity contribution in [1.29, 1.82) is 0 Å². The normalized spacial score (nSPS) is 18.8. The monoisotopic (exact) mass is 384 g/mol. The molecule has 1 aliphatic heterocycles. The number of hydrogen-bond donors (Lipinski definition) is 0. The van der Waals surface area contributed by atoms with Crippen LogP contribution in [0.15, 0.2) is 34.9 Å². The van der Waals surface area contributed by atoms with Crippen molar-refractivity contribution >= 4 is 23.5 Å². The third-order valence-electron chi connectivity index (χ3n) is 5.09. The summed E-state index contributed by atoms with van der Waals surface area (Å²) < 4.78 is 5.02. The molecule has 0 atom stereocenters. The molecule has 0 N–H and O–H groups in total. The van der Waals surface area contributed by atoms with Gasteiger partial charge in [-0.1, -0.05) is 35.9 Å². The van der Waals surface area contributed by atoms with Gasteiger partial charge in [-0.15, -0.1) is 0 Å². The first-order valence-electron chi connectivity index (χ1n) is 8.55. The number of carbonyl (C=O) groups excluding carboxylic acids is 2. The molecular formula is C19H29ClN2O4. The fraction of sp³-hybridized carbons (Fsp3) is 0.579. The van der Waals surface area contributed by atoms with E-state index in [-0.39, 0.29) is 12.3 Å². The van der Waals surface area contributed by atoms with Crippen LogP contribution in [-0.2, 0) is 19.2 Å². The summed E-state index contributed by atoms with van der Waals surface area (Å²) in [5, 5.41) is 2.20. The van der Waals surface area contributed by atoms with Crippen LogP contribution in [0, 0.1) is 0 Å². The summed E-state index contributed by atoms with van der Waals surface area (Å²) in [7, 11) is 4.58. The van der Waals surface area contributed by atoms with Gasteiger partial charge >= 0.3 is 5.97 Å². The third kappa shape index (κ3) is 4.75. The Hall–Kier alpha value is -1.63. The van der Waals surface area contributed by atoms with Crippen molar-refractivity contribution in [3.63, 3.8) is 0 Å². The van der Waals surface area contributed by atoms with Crippen molar-refractivity contribution in [3.05, 3.63) is 34.9 Å². The summed E-state index contributed by atoms with van der Waals surface area (Å²) in [5.41, 5.74) is 0.601. The van der Waals surface area contributed by atoms with Gasteiger partial charge in [-0.25, -0.2) is 4.79 Å². The maximum absolute atomic E-state index is 13.0. The van der Waals surface area contributed by atoms with E-state index in [2.05, 4.69) is 6.58 Å². The summed E-state index contributed by atoms with van der Waals surface area (Å²) in [6.45, 7) is 8.52. The molecular weight excluding hydrogens is 356 g/mol. The number of methoxy groups -OCH3 is 1. The first-order chi connectivity index (χ1) is 12.3. The van der Waals surface area contributed by atoms with Crippen LogP contribution in [0.5, 0.6) is 0 Å². The average Bonchev–Trinajstić information content (AvgIpc) is 2.69. The highest BCUT2D eigenvalue weighted by atomic mass is 35.5. The molecule has 1 fully saturated rings. The first kappa shape index (κ1) is 22.4. The number of hydroxylamine groups is 2. The van der Waals surface area contributed by atoms with Crippen LogP contribution < -0.4 is 0 Å². The zero-order valence-electron chi connectivity index (χ0n) is 16.3. The SMILES string of the molecule is C=C/C(Cl)=C(CC(=O)N(C)C1(C(=O)OC)CCN(OC)CC1)\C(C)=C/C. The lowest BCUT2D eigenvalue weighted by Crippen LogP contribution is -2.60. The van der Waals surface area contributed by atoms with Gasteiger partial charge in [-0.3, -0.25) is 4.79 Å². The van der Waals surface area contributed by atoms with E-state index in [0.717, 1.165) is 5.57 Å². The summed E-state index contributed by atoms with van der Waals surface area (Å²) in [4.78, 5) is 32.3. The standard InChI is InChI=1S/C19H29ClN2O4/c1-7-14(3)15(16(20)8-2)13-17(23)21(4)19(18(24)25-5)9-11-22(26-6)12-10-19/h7-8H,2,9-13H2,1,3-6H3/b14-7-,16-15+. The Morgan fingerprint density at radius 1 is 1.31 bits per heavy atom. The number of likely N-dealkylation sites (N-methyl/N-ethyl adjacent to an activating group) is 1. The predicted octanol–water partition coefficient (Wildman–Crippen LogP) is 3.05. The molecule has 1 saturated heterocycles. The van der Waals surface area contributed by atoms with Gasteiger partial charge in [0, 0.05) is 25.2 Å². The second kappa shape index (κ2) is 9.90. The van der Waals surface area contributed by atoms with Crippen molar-refractivity contribution in [1.82, 2.24) is 9.96 Å². The van der Waals surface area contributed by atoms with E-state index in [9.17, 15) is 9.59 Å². The minimum atomic E-state index is -1.00. The highest BCUT2D eigenvalue weighted by Gasteiger charge is 2.48. The fourth-order valence-corrected chi connectivity index (χ4v) is 3.34. The molecule has 146 valence electrons. The Kier molecular flexibility index (Phi) is 8.53. The minimum Gasteiger partial charge on any atom is -0.467 e. The number of halogens is 1. The molecule has 0 aromatic carbocycles. The van der Waals surface area contributed by atoms with Gasteiger partial charge in [0.25, 0.3) is 0 Å². The zero-order valence-corrected chi connectivity index (χ0v) is 17.1. The van der Waals surface area contributed by atoms with E-state index in [1.54, 1.807) is 19.2 Å². The van der Waals surface area contributed by atoms with Crippen LogP contribution >= 0.6 is 11.6 Å². The average molecular weight is 385 g/mol. The zero-order chi connectivity index (χ0) is 19.9. The second-order valence-corrected chi connectivity index (χ2v) is 6.67. The quantitative estimate of drug-likeness (QED) is 0.498. The third-order valence-corrected chi connectivity index (χ3v) is 5.48. The minimum absolute atomic E-state index is 0.0876. The lowest BCUT2D eigenvalue weighted by Gasteiger charge is -2.44. The number of amides is 1. The highest BCUT2D eigenvalue weighted by molar-refractivity contribution is 6.32. The van der Waals surface area contributed by atoms with Crippen molar-refractivity contribution in [2.45, 2.75) is 38.6 Å². The van der Waals surface area contributed by atoms with Crippen LogP contribution in [0.3, 0.4) is 0 Å². The molecule has 0 aliphatic carbocycles. The molecule has 1 amide bonds. The lowest BCUT2D eigenvalue weighted by atomic mass is 9.85. The molecule has 0 saturated carbocycles. The van der Waals surface area contributed by atoms with E-state index in [4.69, 9.17) is 21.2 Å². The Morgan fingerprint density at radius 2 is 1.88 bits per heavy atom. The van der Waals surface area contributed by atoms with E-state index in [1.807, 2.05) is 19.9 Å². The predicted molar refractivity (Wildman–Crippen MR) is 102 cm³/mol. The molecule has 1 aliphatic rings. The topological polar surface area (TPSA) is 59.1 Å². The van der Waals surface area contributed by atoms with Gasteiger partial charge in [0.1, 0.15) is 5.54 Å². The van der Waals surface area contributed by atoms with Crippen molar-refractivity contribution in [3.8, 4) is 0 Å². The molecule has 0 bridgehead atoms. The van der Waals surface area contributed by atoms with Crippen molar-refractivity contribution in [2.24, 2.45) is 0 Å². The molecule has 0 spiro atoms. The van der Waals surface area contributed by atoms with Gasteiger partial charge in [-0.2, -0.15) is 5.06 Å². The molecule has 26 heavy (non-hydrogen) atoms. The summed E-state index contributed by atoms with van der Waals surface area (Å²) >= 11 is 6.24. The van der Waals surface area contributed by atoms with Gasteiger partial charge in [0.15, 0.2) is 0 Å². The molecule has 0 radical (unpaired) electrons. The Morgan fingerprint density at radius 3 is 2.31 bits per heavy atom. The lowest BCUT2D eigenvalue weighted by molar-refractivity contribution is -0.183. The molecule has 0 aromatic rings. The highest BCUT2D eigenvalue weighted by Crippen LogP contribution is 2.32. The fourth-order valence-electron chi connectivity index (χ4n) is 3.12. The summed E-state index contributed by atoms with van der Waals surface area (Å²) in [5.74, 6) is -0.607. The number of ether oxygens (including phenoxy) is 1. The Labute approximate surface area is 161 Å². The van der Waals surface area contributed by atoms with Crippen LogP contribution in [0.2, 0.25) is 0 Å². The van der Waals surface area contributed by atoms with Gasteiger partial charge in [-0.05, 0) is 32.3 Å². The number of esters is 1. The van der Waals surface area contributed by atoms with Crippen LogP contribution in [0.4, 0.5) is 0 Å². The van der Waals surface area contributed by atoms with E-state index in [0.29, 0.717) is 36.5 Å². The molecule has 0 aromatic heterocycles. The number of hydrogen-bond acceptors (Lipinski definition) is 5.